The van der Waals surface area contributed by atoms with E-state index in [9.17, 15) is 0 Å². The summed E-state index contributed by atoms with van der Waals surface area (Å²) >= 11 is 0. The molecule has 2 aromatic rings. The summed E-state index contributed by atoms with van der Waals surface area (Å²) in [5.41, 5.74) is 3.88. The maximum absolute atomic E-state index is 5.70. The van der Waals surface area contributed by atoms with Crippen LogP contribution in [-0.4, -0.2) is 13.7 Å². The maximum Gasteiger partial charge on any atom is 0.118 e. The van der Waals surface area contributed by atoms with Crippen molar-refractivity contribution < 1.29 is 9.47 Å². The van der Waals surface area contributed by atoms with E-state index >= 15 is 0 Å². The van der Waals surface area contributed by atoms with Gasteiger partial charge in [-0.3, -0.25) is 0 Å². The highest BCUT2D eigenvalue weighted by molar-refractivity contribution is 5.32. The SMILES string of the molecule is COc1ccc([C@@H](C)NC2COCc3ccccc32)cc1. The lowest BCUT2D eigenvalue weighted by Crippen LogP contribution is -2.31. The van der Waals surface area contributed by atoms with Crippen molar-refractivity contribution in [3.8, 4) is 5.75 Å². The molecule has 21 heavy (non-hydrogen) atoms. The molecule has 1 aliphatic heterocycles. The topological polar surface area (TPSA) is 30.5 Å². The number of hydrogen-bond acceptors (Lipinski definition) is 3. The predicted molar refractivity (Wildman–Crippen MR) is 83.4 cm³/mol. The number of hydrogen-bond donors (Lipinski definition) is 1. The minimum atomic E-state index is 0.243. The second-order valence-electron chi connectivity index (χ2n) is 5.43. The molecule has 3 nitrogen and oxygen atoms in total. The summed E-state index contributed by atoms with van der Waals surface area (Å²) in [6.45, 7) is 3.61. The first-order valence-electron chi connectivity index (χ1n) is 7.33. The molecule has 0 saturated heterocycles. The highest BCUT2D eigenvalue weighted by atomic mass is 16.5. The molecule has 110 valence electrons. The van der Waals surface area contributed by atoms with Gasteiger partial charge in [0.15, 0.2) is 0 Å². The molecule has 0 radical (unpaired) electrons. The third-order valence-corrected chi connectivity index (χ3v) is 4.04. The van der Waals surface area contributed by atoms with Gasteiger partial charge in [-0.2, -0.15) is 0 Å². The van der Waals surface area contributed by atoms with Crippen LogP contribution in [0.3, 0.4) is 0 Å². The quantitative estimate of drug-likeness (QED) is 0.929. The molecule has 3 rings (SSSR count). The van der Waals surface area contributed by atoms with Crippen LogP contribution in [-0.2, 0) is 11.3 Å². The number of ether oxygens (including phenoxy) is 2. The standard InChI is InChI=1S/C18H21NO2/c1-13(14-7-9-16(20-2)10-8-14)19-18-12-21-11-15-5-3-4-6-17(15)18/h3-10,13,18-19H,11-12H2,1-2H3/t13-,18?/m1/s1. The van der Waals surface area contributed by atoms with Gasteiger partial charge in [-0.1, -0.05) is 36.4 Å². The molecule has 0 aromatic heterocycles. The fourth-order valence-electron chi connectivity index (χ4n) is 2.81. The van der Waals surface area contributed by atoms with Gasteiger partial charge < -0.3 is 14.8 Å². The molecule has 0 bridgehead atoms. The zero-order valence-corrected chi connectivity index (χ0v) is 12.5. The first-order chi connectivity index (χ1) is 10.3. The van der Waals surface area contributed by atoms with Gasteiger partial charge in [0.25, 0.3) is 0 Å². The maximum atomic E-state index is 5.70. The third-order valence-electron chi connectivity index (χ3n) is 4.04. The van der Waals surface area contributed by atoms with Crippen molar-refractivity contribution in [3.63, 3.8) is 0 Å². The zero-order chi connectivity index (χ0) is 14.7. The molecule has 2 aromatic carbocycles. The van der Waals surface area contributed by atoms with Crippen LogP contribution in [0.4, 0.5) is 0 Å². The monoisotopic (exact) mass is 283 g/mol. The van der Waals surface area contributed by atoms with Crippen LogP contribution >= 0.6 is 0 Å². The Labute approximate surface area is 125 Å². The zero-order valence-electron chi connectivity index (χ0n) is 12.5. The fraction of sp³-hybridized carbons (Fsp3) is 0.333. The summed E-state index contributed by atoms with van der Waals surface area (Å²) < 4.78 is 10.9. The van der Waals surface area contributed by atoms with Crippen molar-refractivity contribution >= 4 is 0 Å². The highest BCUT2D eigenvalue weighted by Gasteiger charge is 2.22. The van der Waals surface area contributed by atoms with Gasteiger partial charge in [0, 0.05) is 6.04 Å². The van der Waals surface area contributed by atoms with Crippen molar-refractivity contribution in [2.75, 3.05) is 13.7 Å². The molecule has 1 unspecified atom stereocenters. The molecule has 0 saturated carbocycles. The van der Waals surface area contributed by atoms with Crippen molar-refractivity contribution in [2.24, 2.45) is 0 Å². The Morgan fingerprint density at radius 1 is 1.14 bits per heavy atom. The van der Waals surface area contributed by atoms with E-state index < -0.39 is 0 Å². The van der Waals surface area contributed by atoms with Gasteiger partial charge in [-0.25, -0.2) is 0 Å². The molecule has 1 heterocycles. The number of nitrogens with one attached hydrogen (secondary N) is 1. The molecule has 0 amide bonds. The average molecular weight is 283 g/mol. The van der Waals surface area contributed by atoms with E-state index in [1.807, 2.05) is 12.1 Å². The summed E-state index contributed by atoms with van der Waals surface area (Å²) in [6, 6.07) is 17.2. The van der Waals surface area contributed by atoms with Gasteiger partial charge in [0.2, 0.25) is 0 Å². The number of fused-ring (bicyclic) bond motifs is 1. The Kier molecular flexibility index (Phi) is 4.23. The van der Waals surface area contributed by atoms with Crippen molar-refractivity contribution in [2.45, 2.75) is 25.6 Å². The van der Waals surface area contributed by atoms with Gasteiger partial charge in [-0.15, -0.1) is 0 Å². The lowest BCUT2D eigenvalue weighted by molar-refractivity contribution is 0.0791. The van der Waals surface area contributed by atoms with Gasteiger partial charge in [0.1, 0.15) is 5.75 Å². The van der Waals surface area contributed by atoms with Crippen LogP contribution in [0.25, 0.3) is 0 Å². The van der Waals surface area contributed by atoms with Crippen LogP contribution < -0.4 is 10.1 Å². The smallest absolute Gasteiger partial charge is 0.118 e. The van der Waals surface area contributed by atoms with Crippen molar-refractivity contribution in [3.05, 3.63) is 65.2 Å². The molecular weight excluding hydrogens is 262 g/mol. The first-order valence-corrected chi connectivity index (χ1v) is 7.33. The predicted octanol–water partition coefficient (Wildman–Crippen LogP) is 3.62. The van der Waals surface area contributed by atoms with E-state index in [0.717, 1.165) is 12.4 Å². The lowest BCUT2D eigenvalue weighted by Gasteiger charge is -2.29. The van der Waals surface area contributed by atoms with Crippen LogP contribution in [0.1, 0.15) is 35.7 Å². The minimum Gasteiger partial charge on any atom is -0.497 e. The van der Waals surface area contributed by atoms with Gasteiger partial charge in [-0.05, 0) is 35.7 Å². The Morgan fingerprint density at radius 3 is 2.67 bits per heavy atom. The number of benzene rings is 2. The summed E-state index contributed by atoms with van der Waals surface area (Å²) in [7, 11) is 1.69. The molecular formula is C18H21NO2. The summed E-state index contributed by atoms with van der Waals surface area (Å²) in [4.78, 5) is 0. The van der Waals surface area contributed by atoms with E-state index in [2.05, 4.69) is 48.6 Å². The Morgan fingerprint density at radius 2 is 1.90 bits per heavy atom. The van der Waals surface area contributed by atoms with Crippen LogP contribution in [0.2, 0.25) is 0 Å². The Bertz CT molecular complexity index is 594. The molecule has 3 heteroatoms. The fourth-order valence-corrected chi connectivity index (χ4v) is 2.81. The van der Waals surface area contributed by atoms with E-state index in [4.69, 9.17) is 9.47 Å². The molecule has 0 spiro atoms. The molecule has 0 aliphatic carbocycles. The van der Waals surface area contributed by atoms with E-state index in [0.29, 0.717) is 6.61 Å². The number of rotatable bonds is 4. The van der Waals surface area contributed by atoms with Crippen LogP contribution in [0.15, 0.2) is 48.5 Å². The van der Waals surface area contributed by atoms with E-state index in [1.165, 1.54) is 16.7 Å². The number of methoxy groups -OCH3 is 1. The van der Waals surface area contributed by atoms with Crippen molar-refractivity contribution in [1.29, 1.82) is 0 Å². The summed E-state index contributed by atoms with van der Waals surface area (Å²) in [5, 5.41) is 3.66. The summed E-state index contributed by atoms with van der Waals surface area (Å²) in [6.07, 6.45) is 0. The molecule has 2 atom stereocenters. The van der Waals surface area contributed by atoms with E-state index in [1.54, 1.807) is 7.11 Å². The molecule has 1 aliphatic rings. The van der Waals surface area contributed by atoms with E-state index in [-0.39, 0.29) is 12.1 Å². The second kappa shape index (κ2) is 6.29. The van der Waals surface area contributed by atoms with Crippen LogP contribution in [0, 0.1) is 0 Å². The first kappa shape index (κ1) is 14.1. The Balaban J connectivity index is 1.74. The van der Waals surface area contributed by atoms with Gasteiger partial charge >= 0.3 is 0 Å². The second-order valence-corrected chi connectivity index (χ2v) is 5.43. The minimum absolute atomic E-state index is 0.243. The molecule has 1 N–H and O–H groups in total. The Hall–Kier alpha value is -1.84. The molecule has 0 fully saturated rings. The average Bonchev–Trinajstić information content (AvgIpc) is 2.55. The third kappa shape index (κ3) is 3.09. The lowest BCUT2D eigenvalue weighted by atomic mass is 9.97. The van der Waals surface area contributed by atoms with Crippen molar-refractivity contribution in [1.82, 2.24) is 5.32 Å². The largest absolute Gasteiger partial charge is 0.497 e. The summed E-state index contributed by atoms with van der Waals surface area (Å²) in [5.74, 6) is 0.886. The van der Waals surface area contributed by atoms with Gasteiger partial charge in [0.05, 0.1) is 26.4 Å². The normalized spacial score (nSPS) is 18.9. The van der Waals surface area contributed by atoms with Crippen LogP contribution in [0.5, 0.6) is 5.75 Å². The highest BCUT2D eigenvalue weighted by Crippen LogP contribution is 2.27.